The van der Waals surface area contributed by atoms with E-state index in [9.17, 15) is 9.18 Å². The van der Waals surface area contributed by atoms with E-state index < -0.39 is 0 Å². The molecule has 0 fully saturated rings. The zero-order valence-corrected chi connectivity index (χ0v) is 11.1. The number of nitrogens with one attached hydrogen (secondary N) is 1. The van der Waals surface area contributed by atoms with E-state index in [-0.39, 0.29) is 18.3 Å². The molecule has 2 aromatic rings. The molecule has 1 N–H and O–H groups in total. The first kappa shape index (κ1) is 12.8. The summed E-state index contributed by atoms with van der Waals surface area (Å²) in [5.41, 5.74) is 1.03. The van der Waals surface area contributed by atoms with Gasteiger partial charge in [-0.2, -0.15) is 0 Å². The third-order valence-corrected chi connectivity index (χ3v) is 2.98. The van der Waals surface area contributed by atoms with Crippen LogP contribution in [-0.4, -0.2) is 5.91 Å². The highest BCUT2D eigenvalue weighted by Crippen LogP contribution is 2.15. The predicted octanol–water partition coefficient (Wildman–Crippen LogP) is 3.52. The predicted molar refractivity (Wildman–Crippen MR) is 71.7 cm³/mol. The Balaban J connectivity index is 2.02. The molecule has 2 aromatic carbocycles. The Morgan fingerprint density at radius 3 is 2.56 bits per heavy atom. The van der Waals surface area contributed by atoms with E-state index in [0.29, 0.717) is 15.6 Å². The van der Waals surface area contributed by atoms with E-state index >= 15 is 0 Å². The van der Waals surface area contributed by atoms with Gasteiger partial charge in [-0.25, -0.2) is 4.39 Å². The molecule has 0 saturated heterocycles. The van der Waals surface area contributed by atoms with Crippen LogP contribution in [0.4, 0.5) is 4.39 Å². The summed E-state index contributed by atoms with van der Waals surface area (Å²) >= 11 is 3.19. The van der Waals surface area contributed by atoms with Crippen LogP contribution in [-0.2, 0) is 6.54 Å². The molecule has 0 unspecified atom stereocenters. The van der Waals surface area contributed by atoms with Crippen LogP contribution in [0.2, 0.25) is 0 Å². The van der Waals surface area contributed by atoms with Gasteiger partial charge in [0.1, 0.15) is 5.82 Å². The van der Waals surface area contributed by atoms with E-state index in [1.54, 1.807) is 36.4 Å². The van der Waals surface area contributed by atoms with Crippen LogP contribution in [0, 0.1) is 5.82 Å². The van der Waals surface area contributed by atoms with Crippen molar-refractivity contribution in [3.63, 3.8) is 0 Å². The number of hydrogen-bond acceptors (Lipinski definition) is 1. The molecular formula is C14H11BrFNO. The maximum absolute atomic E-state index is 13.5. The highest BCUT2D eigenvalue weighted by Gasteiger charge is 2.06. The van der Waals surface area contributed by atoms with Crippen LogP contribution in [0.3, 0.4) is 0 Å². The lowest BCUT2D eigenvalue weighted by Crippen LogP contribution is -2.23. The summed E-state index contributed by atoms with van der Waals surface area (Å²) in [5.74, 6) is -0.546. The third kappa shape index (κ3) is 3.17. The molecule has 0 bridgehead atoms. The molecule has 0 aromatic heterocycles. The van der Waals surface area contributed by atoms with Crippen molar-refractivity contribution in [1.29, 1.82) is 0 Å². The minimum absolute atomic E-state index is 0.173. The van der Waals surface area contributed by atoms with Gasteiger partial charge in [0.2, 0.25) is 0 Å². The van der Waals surface area contributed by atoms with Crippen molar-refractivity contribution in [1.82, 2.24) is 5.32 Å². The lowest BCUT2D eigenvalue weighted by Gasteiger charge is -2.06. The van der Waals surface area contributed by atoms with Crippen LogP contribution in [0.1, 0.15) is 15.9 Å². The monoisotopic (exact) mass is 307 g/mol. The van der Waals surface area contributed by atoms with E-state index in [4.69, 9.17) is 0 Å². The lowest BCUT2D eigenvalue weighted by molar-refractivity contribution is 0.0950. The Morgan fingerprint density at radius 1 is 1.17 bits per heavy atom. The van der Waals surface area contributed by atoms with Crippen molar-refractivity contribution >= 4 is 21.8 Å². The standard InChI is InChI=1S/C14H11BrFNO/c15-12-7-6-11(13(16)8-12)9-17-14(18)10-4-2-1-3-5-10/h1-8H,9H2,(H,17,18). The van der Waals surface area contributed by atoms with Gasteiger partial charge in [-0.3, -0.25) is 4.79 Å². The first-order valence-electron chi connectivity index (χ1n) is 5.44. The first-order chi connectivity index (χ1) is 8.66. The second-order valence-electron chi connectivity index (χ2n) is 3.78. The zero-order valence-electron chi connectivity index (χ0n) is 9.49. The van der Waals surface area contributed by atoms with Crippen molar-refractivity contribution < 1.29 is 9.18 Å². The fourth-order valence-electron chi connectivity index (χ4n) is 1.53. The number of amides is 1. The summed E-state index contributed by atoms with van der Waals surface area (Å²) in [6, 6.07) is 13.6. The van der Waals surface area contributed by atoms with Gasteiger partial charge in [0.15, 0.2) is 0 Å². The molecule has 0 radical (unpaired) electrons. The lowest BCUT2D eigenvalue weighted by atomic mass is 10.2. The van der Waals surface area contributed by atoms with Crippen LogP contribution >= 0.6 is 15.9 Å². The summed E-state index contributed by atoms with van der Waals surface area (Å²) in [5, 5.41) is 2.68. The number of halogens is 2. The summed E-state index contributed by atoms with van der Waals surface area (Å²) < 4.78 is 14.2. The van der Waals surface area contributed by atoms with Crippen LogP contribution in [0.5, 0.6) is 0 Å². The normalized spacial score (nSPS) is 10.1. The van der Waals surface area contributed by atoms with Gasteiger partial charge in [0, 0.05) is 22.1 Å². The highest BCUT2D eigenvalue weighted by molar-refractivity contribution is 9.10. The SMILES string of the molecule is O=C(NCc1ccc(Br)cc1F)c1ccccc1. The number of carbonyl (C=O) groups is 1. The molecule has 0 heterocycles. The maximum Gasteiger partial charge on any atom is 0.251 e. The molecule has 0 aliphatic rings. The summed E-state index contributed by atoms with van der Waals surface area (Å²) in [6.07, 6.45) is 0. The molecule has 0 aliphatic heterocycles. The molecular weight excluding hydrogens is 297 g/mol. The Kier molecular flexibility index (Phi) is 4.10. The second kappa shape index (κ2) is 5.78. The highest BCUT2D eigenvalue weighted by atomic mass is 79.9. The van der Waals surface area contributed by atoms with Crippen molar-refractivity contribution in [2.75, 3.05) is 0 Å². The largest absolute Gasteiger partial charge is 0.348 e. The van der Waals surface area contributed by atoms with E-state index in [1.807, 2.05) is 6.07 Å². The number of carbonyl (C=O) groups excluding carboxylic acids is 1. The molecule has 2 nitrogen and oxygen atoms in total. The minimum Gasteiger partial charge on any atom is -0.348 e. The second-order valence-corrected chi connectivity index (χ2v) is 4.70. The average molecular weight is 308 g/mol. The Morgan fingerprint density at radius 2 is 1.89 bits per heavy atom. The number of benzene rings is 2. The average Bonchev–Trinajstić information content (AvgIpc) is 2.38. The van der Waals surface area contributed by atoms with E-state index in [0.717, 1.165) is 0 Å². The van der Waals surface area contributed by atoms with Crippen LogP contribution < -0.4 is 5.32 Å². The number of rotatable bonds is 3. The van der Waals surface area contributed by atoms with Gasteiger partial charge < -0.3 is 5.32 Å². The fourth-order valence-corrected chi connectivity index (χ4v) is 1.87. The van der Waals surface area contributed by atoms with Crippen LogP contribution in [0.15, 0.2) is 53.0 Å². The topological polar surface area (TPSA) is 29.1 Å². The van der Waals surface area contributed by atoms with Crippen molar-refractivity contribution in [2.24, 2.45) is 0 Å². The Bertz CT molecular complexity index is 557. The number of hydrogen-bond donors (Lipinski definition) is 1. The molecule has 2 rings (SSSR count). The van der Waals surface area contributed by atoms with Gasteiger partial charge in [-0.15, -0.1) is 0 Å². The van der Waals surface area contributed by atoms with Gasteiger partial charge >= 0.3 is 0 Å². The van der Waals surface area contributed by atoms with Gasteiger partial charge in [0.25, 0.3) is 5.91 Å². The molecule has 0 spiro atoms. The minimum atomic E-state index is -0.335. The third-order valence-electron chi connectivity index (χ3n) is 2.49. The molecule has 4 heteroatoms. The molecule has 0 saturated carbocycles. The van der Waals surface area contributed by atoms with E-state index in [2.05, 4.69) is 21.2 Å². The van der Waals surface area contributed by atoms with Crippen LogP contribution in [0.25, 0.3) is 0 Å². The van der Waals surface area contributed by atoms with Gasteiger partial charge in [-0.1, -0.05) is 40.2 Å². The Hall–Kier alpha value is -1.68. The maximum atomic E-state index is 13.5. The Labute approximate surface area is 113 Å². The molecule has 0 atom stereocenters. The molecule has 1 amide bonds. The van der Waals surface area contributed by atoms with Crippen molar-refractivity contribution in [2.45, 2.75) is 6.54 Å². The van der Waals surface area contributed by atoms with Gasteiger partial charge in [-0.05, 0) is 24.3 Å². The molecule has 18 heavy (non-hydrogen) atoms. The summed E-state index contributed by atoms with van der Waals surface area (Å²) in [7, 11) is 0. The summed E-state index contributed by atoms with van der Waals surface area (Å²) in [4.78, 5) is 11.8. The van der Waals surface area contributed by atoms with E-state index in [1.165, 1.54) is 6.07 Å². The van der Waals surface area contributed by atoms with Crippen molar-refractivity contribution in [3.05, 3.63) is 69.9 Å². The first-order valence-corrected chi connectivity index (χ1v) is 6.23. The van der Waals surface area contributed by atoms with Gasteiger partial charge in [0.05, 0.1) is 0 Å². The zero-order chi connectivity index (χ0) is 13.0. The quantitative estimate of drug-likeness (QED) is 0.923. The van der Waals surface area contributed by atoms with Crippen molar-refractivity contribution in [3.8, 4) is 0 Å². The molecule has 0 aliphatic carbocycles. The fraction of sp³-hybridized carbons (Fsp3) is 0.0714. The molecule has 92 valence electrons. The smallest absolute Gasteiger partial charge is 0.251 e. The summed E-state index contributed by atoms with van der Waals surface area (Å²) in [6.45, 7) is 0.173.